The van der Waals surface area contributed by atoms with Crippen molar-refractivity contribution in [1.82, 2.24) is 28.8 Å². The zero-order chi connectivity index (χ0) is 28.0. The molecule has 11 heteroatoms. The maximum absolute atomic E-state index is 13.0. The Labute approximate surface area is 232 Å². The van der Waals surface area contributed by atoms with Crippen molar-refractivity contribution in [3.8, 4) is 17.0 Å². The third kappa shape index (κ3) is 4.43. The molecule has 7 rings (SSSR count). The number of rotatable bonds is 7. The summed E-state index contributed by atoms with van der Waals surface area (Å²) < 4.78 is 16.4. The van der Waals surface area contributed by atoms with E-state index in [1.165, 1.54) is 23.9 Å². The topological polar surface area (TPSA) is 122 Å². The smallest absolute Gasteiger partial charge is 0.339 e. The second kappa shape index (κ2) is 10.1. The Balaban J connectivity index is 1.23. The van der Waals surface area contributed by atoms with Crippen molar-refractivity contribution in [2.45, 2.75) is 31.2 Å². The largest absolute Gasteiger partial charge is 0.476 e. The first-order chi connectivity index (χ1) is 19.3. The first kappa shape index (κ1) is 26.1. The summed E-state index contributed by atoms with van der Waals surface area (Å²) >= 11 is 0. The van der Waals surface area contributed by atoms with Gasteiger partial charge in [0.25, 0.3) is 5.56 Å². The van der Waals surface area contributed by atoms with E-state index in [2.05, 4.69) is 25.6 Å². The number of imidazole rings is 1. The van der Waals surface area contributed by atoms with Crippen LogP contribution in [0.3, 0.4) is 0 Å². The van der Waals surface area contributed by atoms with Gasteiger partial charge < -0.3 is 24.3 Å². The highest BCUT2D eigenvalue weighted by Gasteiger charge is 2.43. The number of esters is 1. The normalized spacial score (nSPS) is 21.0. The minimum absolute atomic E-state index is 0.106. The number of carbonyl (C=O) groups is 1. The molecule has 1 aromatic carbocycles. The first-order valence-corrected chi connectivity index (χ1v) is 13.7. The quantitative estimate of drug-likeness (QED) is 0.352. The van der Waals surface area contributed by atoms with Crippen molar-refractivity contribution in [2.24, 2.45) is 20.0 Å². The van der Waals surface area contributed by atoms with Gasteiger partial charge in [-0.25, -0.2) is 14.5 Å². The van der Waals surface area contributed by atoms with Gasteiger partial charge in [-0.2, -0.15) is 5.10 Å². The molecule has 2 N–H and O–H groups in total. The standard InChI is InChI=1S/C29H35N7O4/c1-33-17-20(27(38)39-3)14-21(25(33)37)22-15-31-34(2)26(22)40-13-12-35-16-19-8-10-29(18-35,11-9-19)36-24-7-5-4-6-23(24)32-28(36)30/h4-7,14-15,17,19H,8-13,16,18H2,1-3H3,(H2,30,32). The lowest BCUT2D eigenvalue weighted by Crippen LogP contribution is -2.44. The van der Waals surface area contributed by atoms with Crippen LogP contribution < -0.4 is 16.0 Å². The van der Waals surface area contributed by atoms with E-state index in [0.29, 0.717) is 35.5 Å². The van der Waals surface area contributed by atoms with Crippen LogP contribution in [0.1, 0.15) is 36.0 Å². The highest BCUT2D eigenvalue weighted by atomic mass is 16.5. The minimum atomic E-state index is -0.515. The zero-order valence-electron chi connectivity index (χ0n) is 23.2. The Morgan fingerprint density at radius 1 is 1.18 bits per heavy atom. The zero-order valence-corrected chi connectivity index (χ0v) is 23.2. The fraction of sp³-hybridized carbons (Fsp3) is 0.448. The SMILES string of the molecule is COC(=O)c1cc(-c2cnn(C)c2OCCN2CC3CCC(n4c(N)nc5ccccc54)(CC3)C2)c(=O)n(C)c1. The van der Waals surface area contributed by atoms with Crippen molar-refractivity contribution in [3.63, 3.8) is 0 Å². The molecule has 0 atom stereocenters. The van der Waals surface area contributed by atoms with E-state index in [4.69, 9.17) is 15.2 Å². The van der Waals surface area contributed by atoms with E-state index < -0.39 is 5.97 Å². The number of anilines is 1. The molecule has 3 aromatic heterocycles. The number of nitrogen functional groups attached to an aromatic ring is 1. The highest BCUT2D eigenvalue weighted by molar-refractivity contribution is 5.90. The molecule has 0 amide bonds. The lowest BCUT2D eigenvalue weighted by molar-refractivity contribution is 0.0599. The van der Waals surface area contributed by atoms with Crippen LogP contribution in [0.15, 0.2) is 47.5 Å². The fourth-order valence-corrected chi connectivity index (χ4v) is 6.60. The first-order valence-electron chi connectivity index (χ1n) is 13.7. The Morgan fingerprint density at radius 3 is 2.73 bits per heavy atom. The molecule has 2 bridgehead atoms. The molecule has 4 aromatic rings. The number of methoxy groups -OCH3 is 1. The molecule has 40 heavy (non-hydrogen) atoms. The van der Waals surface area contributed by atoms with Gasteiger partial charge in [-0.05, 0) is 49.8 Å². The van der Waals surface area contributed by atoms with Gasteiger partial charge in [0.15, 0.2) is 0 Å². The van der Waals surface area contributed by atoms with Crippen LogP contribution in [0.25, 0.3) is 22.2 Å². The summed E-state index contributed by atoms with van der Waals surface area (Å²) in [6, 6.07) is 9.71. The Bertz CT molecular complexity index is 1630. The summed E-state index contributed by atoms with van der Waals surface area (Å²) in [5, 5.41) is 4.35. The van der Waals surface area contributed by atoms with Crippen LogP contribution in [0.2, 0.25) is 0 Å². The maximum Gasteiger partial charge on any atom is 0.339 e. The molecule has 3 fully saturated rings. The van der Waals surface area contributed by atoms with Crippen molar-refractivity contribution in [2.75, 3.05) is 39.1 Å². The van der Waals surface area contributed by atoms with Gasteiger partial charge in [0, 0.05) is 39.9 Å². The van der Waals surface area contributed by atoms with Gasteiger partial charge in [-0.3, -0.25) is 9.69 Å². The Morgan fingerprint density at radius 2 is 1.95 bits per heavy atom. The molecule has 0 spiro atoms. The molecule has 0 radical (unpaired) electrons. The second-order valence-electron chi connectivity index (χ2n) is 11.1. The lowest BCUT2D eigenvalue weighted by atomic mass is 9.78. The number of aryl methyl sites for hydroxylation is 2. The third-order valence-electron chi connectivity index (χ3n) is 8.56. The summed E-state index contributed by atoms with van der Waals surface area (Å²) in [6.45, 7) is 3.02. The average molecular weight is 546 g/mol. The van der Waals surface area contributed by atoms with Crippen LogP contribution in [0.5, 0.6) is 5.88 Å². The summed E-state index contributed by atoms with van der Waals surface area (Å²) in [7, 11) is 4.70. The second-order valence-corrected chi connectivity index (χ2v) is 11.1. The van der Waals surface area contributed by atoms with Crippen LogP contribution in [0, 0.1) is 5.92 Å². The number of para-hydroxylation sites is 2. The van der Waals surface area contributed by atoms with Crippen molar-refractivity contribution in [3.05, 3.63) is 58.6 Å². The van der Waals surface area contributed by atoms with Crippen molar-refractivity contribution in [1.29, 1.82) is 0 Å². The molecule has 2 aliphatic heterocycles. The number of ether oxygens (including phenoxy) is 2. The highest BCUT2D eigenvalue weighted by Crippen LogP contribution is 2.44. The van der Waals surface area contributed by atoms with Gasteiger partial charge >= 0.3 is 5.97 Å². The monoisotopic (exact) mass is 545 g/mol. The number of nitrogens with two attached hydrogens (primary N) is 1. The molecule has 3 aliphatic rings. The Hall–Kier alpha value is -4.12. The van der Waals surface area contributed by atoms with E-state index in [9.17, 15) is 9.59 Å². The van der Waals surface area contributed by atoms with Gasteiger partial charge in [0.05, 0.1) is 46.6 Å². The minimum Gasteiger partial charge on any atom is -0.476 e. The molecule has 5 heterocycles. The van der Waals surface area contributed by atoms with E-state index in [-0.39, 0.29) is 16.7 Å². The van der Waals surface area contributed by atoms with E-state index in [0.717, 1.165) is 56.4 Å². The van der Waals surface area contributed by atoms with Crippen LogP contribution in [-0.4, -0.2) is 68.1 Å². The van der Waals surface area contributed by atoms with Gasteiger partial charge in [0.1, 0.15) is 6.61 Å². The summed E-state index contributed by atoms with van der Waals surface area (Å²) in [6.07, 6.45) is 7.54. The molecule has 1 saturated carbocycles. The number of benzene rings is 1. The molecular weight excluding hydrogens is 510 g/mol. The molecule has 210 valence electrons. The molecule has 0 unspecified atom stereocenters. The number of pyridine rings is 1. The number of aromatic nitrogens is 5. The molecule has 1 aliphatic carbocycles. The third-order valence-corrected chi connectivity index (χ3v) is 8.56. The number of carbonyl (C=O) groups excluding carboxylic acids is 1. The summed E-state index contributed by atoms with van der Waals surface area (Å²) in [5.41, 5.74) is 9.34. The van der Waals surface area contributed by atoms with Gasteiger partial charge in [0.2, 0.25) is 11.8 Å². The van der Waals surface area contributed by atoms with Crippen LogP contribution in [-0.2, 0) is 24.4 Å². The van der Waals surface area contributed by atoms with Crippen molar-refractivity contribution >= 4 is 23.0 Å². The van der Waals surface area contributed by atoms with E-state index >= 15 is 0 Å². The number of nitrogens with zero attached hydrogens (tertiary/aromatic N) is 6. The molecule has 11 nitrogen and oxygen atoms in total. The molecule has 2 saturated heterocycles. The van der Waals surface area contributed by atoms with E-state index in [1.807, 2.05) is 18.2 Å². The summed E-state index contributed by atoms with van der Waals surface area (Å²) in [5.74, 6) is 1.19. The van der Waals surface area contributed by atoms with Gasteiger partial charge in [-0.15, -0.1) is 0 Å². The number of fused-ring (bicyclic) bond motifs is 5. The number of hydrogen-bond acceptors (Lipinski definition) is 8. The number of hydrogen-bond donors (Lipinski definition) is 1. The Kier molecular flexibility index (Phi) is 6.61. The average Bonchev–Trinajstić information content (AvgIpc) is 3.36. The van der Waals surface area contributed by atoms with Gasteiger partial charge in [-0.1, -0.05) is 12.1 Å². The molecular formula is C29H35N7O4. The van der Waals surface area contributed by atoms with Crippen LogP contribution >= 0.6 is 0 Å². The lowest BCUT2D eigenvalue weighted by Gasteiger charge is -2.39. The van der Waals surface area contributed by atoms with E-state index in [1.54, 1.807) is 25.0 Å². The fourth-order valence-electron chi connectivity index (χ4n) is 6.60. The summed E-state index contributed by atoms with van der Waals surface area (Å²) in [4.78, 5) is 32.3. The predicted octanol–water partition coefficient (Wildman–Crippen LogP) is 2.78. The van der Waals surface area contributed by atoms with Crippen molar-refractivity contribution < 1.29 is 14.3 Å². The maximum atomic E-state index is 13.0. The van der Waals surface area contributed by atoms with Crippen LogP contribution in [0.4, 0.5) is 5.95 Å². The predicted molar refractivity (Wildman–Crippen MR) is 151 cm³/mol.